The quantitative estimate of drug-likeness (QED) is 0.157. The predicted octanol–water partition coefficient (Wildman–Crippen LogP) is 4.60. The number of hydrogen-bond donors (Lipinski definition) is 5. The second kappa shape index (κ2) is 13.5. The molecule has 43 heavy (non-hydrogen) atoms. The summed E-state index contributed by atoms with van der Waals surface area (Å²) in [7, 11) is 1.25. The second-order valence-corrected chi connectivity index (χ2v) is 10.4. The minimum Gasteiger partial charge on any atom is -0.453 e. The predicted molar refractivity (Wildman–Crippen MR) is 161 cm³/mol. The second-order valence-electron chi connectivity index (χ2n) is 10.0. The van der Waals surface area contributed by atoms with Gasteiger partial charge < -0.3 is 21.1 Å². The maximum atomic E-state index is 14.6. The first kappa shape index (κ1) is 31.2. The Bertz CT molecular complexity index is 1580. The van der Waals surface area contributed by atoms with Crippen LogP contribution in [0, 0.1) is 11.7 Å². The number of carbonyl (C=O) groups excluding carboxylic acids is 3. The van der Waals surface area contributed by atoms with Crippen LogP contribution >= 0.6 is 11.6 Å². The maximum absolute atomic E-state index is 14.6. The lowest BCUT2D eigenvalue weighted by atomic mass is 9.96. The van der Waals surface area contributed by atoms with Gasteiger partial charge in [-0.05, 0) is 50.1 Å². The third-order valence-electron chi connectivity index (χ3n) is 7.12. The molecule has 0 fully saturated rings. The lowest BCUT2D eigenvalue weighted by Gasteiger charge is -2.24. The first-order valence-corrected chi connectivity index (χ1v) is 13.8. The van der Waals surface area contributed by atoms with Crippen LogP contribution in [0.2, 0.25) is 5.02 Å². The molecule has 1 aliphatic rings. The van der Waals surface area contributed by atoms with Crippen LogP contribution in [0.4, 0.5) is 26.2 Å². The van der Waals surface area contributed by atoms with Crippen molar-refractivity contribution < 1.29 is 23.5 Å². The Labute approximate surface area is 252 Å². The van der Waals surface area contributed by atoms with Crippen LogP contribution < -0.4 is 32.5 Å². The van der Waals surface area contributed by atoms with Crippen molar-refractivity contribution in [2.45, 2.75) is 39.2 Å². The Morgan fingerprint density at radius 1 is 1.21 bits per heavy atom. The zero-order valence-corrected chi connectivity index (χ0v) is 24.5. The molecule has 3 aromatic rings. The molecular weight excluding hydrogens is 579 g/mol. The van der Waals surface area contributed by atoms with E-state index in [2.05, 4.69) is 30.9 Å². The van der Waals surface area contributed by atoms with Crippen molar-refractivity contribution in [1.82, 2.24) is 15.5 Å². The van der Waals surface area contributed by atoms with E-state index in [-0.39, 0.29) is 33.9 Å². The molecule has 7 N–H and O–H groups in total. The molecule has 4 rings (SSSR count). The summed E-state index contributed by atoms with van der Waals surface area (Å²) >= 11 is 5.88. The minimum absolute atomic E-state index is 0.0544. The number of allylic oxidation sites excluding steroid dienone is 1. The highest BCUT2D eigenvalue weighted by atomic mass is 35.5. The number of hydrazine groups is 1. The van der Waals surface area contributed by atoms with Gasteiger partial charge in [0.25, 0.3) is 5.91 Å². The van der Waals surface area contributed by atoms with Gasteiger partial charge in [0.2, 0.25) is 5.91 Å². The Morgan fingerprint density at radius 3 is 2.72 bits per heavy atom. The maximum Gasteiger partial charge on any atom is 0.411 e. The molecule has 1 aromatic heterocycles. The van der Waals surface area contributed by atoms with Gasteiger partial charge in [0.05, 0.1) is 47.1 Å². The number of nitrogens with one attached hydrogen (secondary N) is 3. The Morgan fingerprint density at radius 2 is 1.98 bits per heavy atom. The third-order valence-corrected chi connectivity index (χ3v) is 7.41. The highest BCUT2D eigenvalue weighted by Crippen LogP contribution is 2.34. The molecule has 1 aliphatic heterocycles. The molecule has 0 spiro atoms. The van der Waals surface area contributed by atoms with Crippen molar-refractivity contribution in [3.05, 3.63) is 76.6 Å². The summed E-state index contributed by atoms with van der Waals surface area (Å²) in [4.78, 5) is 38.1. The van der Waals surface area contributed by atoms with Gasteiger partial charge in [-0.1, -0.05) is 37.1 Å². The summed E-state index contributed by atoms with van der Waals surface area (Å²) in [6.45, 7) is 3.29. The number of ether oxygens (including phenoxy) is 1. The summed E-state index contributed by atoms with van der Waals surface area (Å²) in [5.74, 6) is 4.12. The number of nitrogens with two attached hydrogens (primary N) is 2. The highest BCUT2D eigenvalue weighted by molar-refractivity contribution is 6.31. The molecule has 226 valence electrons. The van der Waals surface area contributed by atoms with Gasteiger partial charge in [-0.2, -0.15) is 10.2 Å². The summed E-state index contributed by atoms with van der Waals surface area (Å²) in [6.07, 6.45) is 2.37. The van der Waals surface area contributed by atoms with E-state index in [9.17, 15) is 18.8 Å². The van der Waals surface area contributed by atoms with Crippen molar-refractivity contribution in [2.75, 3.05) is 22.8 Å². The van der Waals surface area contributed by atoms with Gasteiger partial charge in [0, 0.05) is 22.7 Å². The number of halogens is 2. The van der Waals surface area contributed by atoms with Crippen molar-refractivity contribution in [1.29, 1.82) is 0 Å². The first-order valence-electron chi connectivity index (χ1n) is 13.4. The molecule has 3 amide bonds. The highest BCUT2D eigenvalue weighted by Gasteiger charge is 2.25. The summed E-state index contributed by atoms with van der Waals surface area (Å²) < 4.78 is 19.2. The molecule has 12 nitrogen and oxygen atoms in total. The fourth-order valence-electron chi connectivity index (χ4n) is 4.55. The number of aromatic nitrogens is 2. The van der Waals surface area contributed by atoms with E-state index < -0.39 is 23.9 Å². The molecule has 2 atom stereocenters. The van der Waals surface area contributed by atoms with Crippen LogP contribution in [0.5, 0.6) is 0 Å². The Balaban J connectivity index is 1.68. The molecule has 2 bridgehead atoms. The lowest BCUT2D eigenvalue weighted by Crippen LogP contribution is -2.38. The van der Waals surface area contributed by atoms with E-state index in [4.69, 9.17) is 23.2 Å². The normalized spacial score (nSPS) is 17.2. The number of benzene rings is 2. The molecule has 0 saturated carbocycles. The third kappa shape index (κ3) is 7.19. The van der Waals surface area contributed by atoms with E-state index in [1.165, 1.54) is 38.4 Å². The SMILES string of the molecule is COC(=O)Nc1ccc2c(c1)NC(=O)C(C)CCC[C@H](NC(=O)/C(N)=C(\C)N(N)c1cccc(Cl)c1F)c1cc-2cnn1. The minimum atomic E-state index is -0.753. The number of anilines is 3. The fourth-order valence-corrected chi connectivity index (χ4v) is 4.71. The smallest absolute Gasteiger partial charge is 0.411 e. The van der Waals surface area contributed by atoms with Crippen molar-refractivity contribution >= 4 is 46.6 Å². The lowest BCUT2D eigenvalue weighted by molar-refractivity contribution is -0.120. The molecule has 14 heteroatoms. The number of carbonyl (C=O) groups is 3. The average Bonchev–Trinajstić information content (AvgIpc) is 3.00. The van der Waals surface area contributed by atoms with E-state index in [1.54, 1.807) is 31.2 Å². The van der Waals surface area contributed by atoms with Crippen molar-refractivity contribution in [2.24, 2.45) is 17.5 Å². The van der Waals surface area contributed by atoms with Crippen LogP contribution in [-0.2, 0) is 14.3 Å². The van der Waals surface area contributed by atoms with E-state index in [0.29, 0.717) is 47.5 Å². The fraction of sp³-hybridized carbons (Fsp3) is 0.276. The summed E-state index contributed by atoms with van der Waals surface area (Å²) in [5, 5.41) is 17.7. The molecule has 2 heterocycles. The number of fused-ring (bicyclic) bond motifs is 4. The molecule has 0 radical (unpaired) electrons. The van der Waals surface area contributed by atoms with Crippen molar-refractivity contribution in [3.63, 3.8) is 0 Å². The Hall–Kier alpha value is -4.75. The van der Waals surface area contributed by atoms with E-state index >= 15 is 0 Å². The number of hydrogen-bond acceptors (Lipinski definition) is 9. The van der Waals surface area contributed by atoms with Crippen LogP contribution in [0.15, 0.2) is 60.1 Å². The van der Waals surface area contributed by atoms with Crippen LogP contribution in [-0.4, -0.2) is 35.2 Å². The van der Waals surface area contributed by atoms with Gasteiger partial charge in [-0.25, -0.2) is 15.0 Å². The standard InChI is InChI=1S/C29H32ClFN8O4/c1-15-6-4-8-21(36-28(41)26(32)16(2)39(33)24-9-5-7-20(30)25(24)31)23-12-17(14-34-38-23)19-11-10-18(35-29(42)43-3)13-22(19)37-27(15)40/h5,7,9-15,21H,4,6,8,32-33H2,1-3H3,(H,35,42)(H,36,41)(H,37,40)/b26-16-/t15?,21-/m0/s1. The van der Waals surface area contributed by atoms with Gasteiger partial charge in [0.15, 0.2) is 5.82 Å². The summed E-state index contributed by atoms with van der Waals surface area (Å²) in [5.41, 5.74) is 8.55. The first-order chi connectivity index (χ1) is 20.5. The van der Waals surface area contributed by atoms with E-state index in [1.807, 2.05) is 0 Å². The van der Waals surface area contributed by atoms with Crippen LogP contribution in [0.25, 0.3) is 11.1 Å². The number of methoxy groups -OCH3 is 1. The van der Waals surface area contributed by atoms with Crippen LogP contribution in [0.3, 0.4) is 0 Å². The number of rotatable bonds is 5. The van der Waals surface area contributed by atoms with Gasteiger partial charge in [0.1, 0.15) is 5.70 Å². The molecule has 2 aromatic carbocycles. The van der Waals surface area contributed by atoms with Gasteiger partial charge >= 0.3 is 6.09 Å². The number of nitrogens with zero attached hydrogens (tertiary/aromatic N) is 3. The van der Waals surface area contributed by atoms with E-state index in [0.717, 1.165) is 5.01 Å². The monoisotopic (exact) mass is 610 g/mol. The molecule has 0 saturated heterocycles. The molecule has 0 aliphatic carbocycles. The zero-order valence-electron chi connectivity index (χ0n) is 23.8. The number of amides is 3. The van der Waals surface area contributed by atoms with Crippen LogP contribution in [0.1, 0.15) is 44.8 Å². The molecule has 1 unspecified atom stereocenters. The topological polar surface area (TPSA) is 178 Å². The molecular formula is C29H32ClFN8O4. The summed E-state index contributed by atoms with van der Waals surface area (Å²) in [6, 6.07) is 10.4. The largest absolute Gasteiger partial charge is 0.453 e. The average molecular weight is 611 g/mol. The Kier molecular flexibility index (Phi) is 9.78. The van der Waals surface area contributed by atoms with Gasteiger partial charge in [-0.3, -0.25) is 19.9 Å². The van der Waals surface area contributed by atoms with Crippen molar-refractivity contribution in [3.8, 4) is 11.1 Å². The van der Waals surface area contributed by atoms with Gasteiger partial charge in [-0.15, -0.1) is 0 Å². The zero-order chi connectivity index (χ0) is 31.3.